The van der Waals surface area contributed by atoms with Crippen LogP contribution in [0, 0.1) is 0 Å². The third-order valence-electron chi connectivity index (χ3n) is 1.94. The maximum absolute atomic E-state index is 5.73. The lowest BCUT2D eigenvalue weighted by Gasteiger charge is -1.93. The summed E-state index contributed by atoms with van der Waals surface area (Å²) in [4.78, 5) is 4.09. The first-order valence-corrected chi connectivity index (χ1v) is 5.71. The first-order valence-electron chi connectivity index (χ1n) is 4.80. The Labute approximate surface area is 103 Å². The summed E-state index contributed by atoms with van der Waals surface area (Å²) in [7, 11) is 0. The molecule has 0 aliphatic carbocycles. The molecule has 2 rings (SSSR count). The molecule has 2 heterocycles. The number of nitrogens with zero attached hydrogens (tertiary/aromatic N) is 3. The van der Waals surface area contributed by atoms with Crippen LogP contribution < -0.4 is 0 Å². The molecular weight excluding hydrogens is 249 g/mol. The van der Waals surface area contributed by atoms with Crippen LogP contribution in [0.15, 0.2) is 22.7 Å². The predicted octanol–water partition coefficient (Wildman–Crippen LogP) is 2.96. The van der Waals surface area contributed by atoms with Gasteiger partial charge in [0.2, 0.25) is 5.89 Å². The van der Waals surface area contributed by atoms with E-state index in [2.05, 4.69) is 15.2 Å². The molecule has 0 N–H and O–H groups in total. The van der Waals surface area contributed by atoms with Crippen molar-refractivity contribution in [3.8, 4) is 11.6 Å². The number of aromatic nitrogens is 3. The molecule has 2 aromatic rings. The highest BCUT2D eigenvalue weighted by Crippen LogP contribution is 2.17. The molecule has 0 aromatic carbocycles. The van der Waals surface area contributed by atoms with Gasteiger partial charge in [-0.15, -0.1) is 21.8 Å². The van der Waals surface area contributed by atoms with Gasteiger partial charge >= 0.3 is 0 Å². The zero-order chi connectivity index (χ0) is 11.4. The highest BCUT2D eigenvalue weighted by Gasteiger charge is 2.08. The standard InChI is InChI=1S/C10H9Cl2N3O/c11-5-1-2-9-14-15-10(16-9)8-4-3-7(12)6-13-8/h3-4,6H,1-2,5H2. The van der Waals surface area contributed by atoms with Crippen molar-refractivity contribution >= 4 is 23.2 Å². The number of aryl methyl sites for hydroxylation is 1. The lowest BCUT2D eigenvalue weighted by atomic mass is 10.3. The Morgan fingerprint density at radius 2 is 2.12 bits per heavy atom. The minimum Gasteiger partial charge on any atom is -0.419 e. The van der Waals surface area contributed by atoms with Crippen LogP contribution >= 0.6 is 23.2 Å². The van der Waals surface area contributed by atoms with Crippen molar-refractivity contribution in [3.05, 3.63) is 29.2 Å². The fourth-order valence-electron chi connectivity index (χ4n) is 1.18. The largest absolute Gasteiger partial charge is 0.419 e. The van der Waals surface area contributed by atoms with Gasteiger partial charge in [-0.25, -0.2) is 4.98 Å². The summed E-state index contributed by atoms with van der Waals surface area (Å²) in [6.07, 6.45) is 3.04. The van der Waals surface area contributed by atoms with Crippen LogP contribution in [0.2, 0.25) is 5.02 Å². The average Bonchev–Trinajstić information content (AvgIpc) is 2.76. The van der Waals surface area contributed by atoms with Crippen LogP contribution in [0.4, 0.5) is 0 Å². The third kappa shape index (κ3) is 2.71. The zero-order valence-electron chi connectivity index (χ0n) is 8.36. The fraction of sp³-hybridized carbons (Fsp3) is 0.300. The number of rotatable bonds is 4. The first kappa shape index (κ1) is 11.4. The minimum absolute atomic E-state index is 0.404. The number of hydrogen-bond acceptors (Lipinski definition) is 4. The van der Waals surface area contributed by atoms with Crippen molar-refractivity contribution in [1.29, 1.82) is 0 Å². The summed E-state index contributed by atoms with van der Waals surface area (Å²) >= 11 is 11.3. The van der Waals surface area contributed by atoms with Gasteiger partial charge in [0.25, 0.3) is 5.89 Å². The Kier molecular flexibility index (Phi) is 3.74. The van der Waals surface area contributed by atoms with Gasteiger partial charge in [-0.3, -0.25) is 0 Å². The topological polar surface area (TPSA) is 51.8 Å². The molecule has 0 atom stereocenters. The molecule has 0 spiro atoms. The van der Waals surface area contributed by atoms with Crippen molar-refractivity contribution in [2.24, 2.45) is 0 Å². The molecule has 0 bridgehead atoms. The summed E-state index contributed by atoms with van der Waals surface area (Å²) in [6, 6.07) is 3.47. The number of hydrogen-bond donors (Lipinski definition) is 0. The van der Waals surface area contributed by atoms with Crippen LogP contribution in [0.25, 0.3) is 11.6 Å². The molecule has 0 amide bonds. The molecule has 84 valence electrons. The van der Waals surface area contributed by atoms with Gasteiger partial charge in [0.15, 0.2) is 0 Å². The van der Waals surface area contributed by atoms with Crippen LogP contribution in [-0.2, 0) is 6.42 Å². The maximum Gasteiger partial charge on any atom is 0.266 e. The molecule has 0 aliphatic heterocycles. The van der Waals surface area contributed by atoms with E-state index in [4.69, 9.17) is 27.6 Å². The van der Waals surface area contributed by atoms with E-state index in [1.54, 1.807) is 18.3 Å². The normalized spacial score (nSPS) is 10.6. The van der Waals surface area contributed by atoms with E-state index in [9.17, 15) is 0 Å². The summed E-state index contributed by atoms with van der Waals surface area (Å²) in [5.41, 5.74) is 0.619. The maximum atomic E-state index is 5.73. The minimum atomic E-state index is 0.404. The van der Waals surface area contributed by atoms with Gasteiger partial charge in [0.05, 0.1) is 5.02 Å². The Morgan fingerprint density at radius 3 is 2.81 bits per heavy atom. The van der Waals surface area contributed by atoms with Crippen LogP contribution in [0.1, 0.15) is 12.3 Å². The summed E-state index contributed by atoms with van der Waals surface area (Å²) in [5, 5.41) is 8.38. The van der Waals surface area contributed by atoms with E-state index >= 15 is 0 Å². The van der Waals surface area contributed by atoms with Gasteiger partial charge in [-0.05, 0) is 18.6 Å². The summed E-state index contributed by atoms with van der Waals surface area (Å²) < 4.78 is 5.43. The fourth-order valence-corrected chi connectivity index (χ4v) is 1.42. The second-order valence-electron chi connectivity index (χ2n) is 3.16. The average molecular weight is 258 g/mol. The van der Waals surface area contributed by atoms with E-state index in [0.717, 1.165) is 6.42 Å². The van der Waals surface area contributed by atoms with Crippen molar-refractivity contribution in [2.75, 3.05) is 5.88 Å². The van der Waals surface area contributed by atoms with E-state index in [1.165, 1.54) is 0 Å². The first-order chi connectivity index (χ1) is 7.79. The zero-order valence-corrected chi connectivity index (χ0v) is 9.87. The second kappa shape index (κ2) is 5.27. The van der Waals surface area contributed by atoms with Gasteiger partial charge < -0.3 is 4.42 Å². The summed E-state index contributed by atoms with van der Waals surface area (Å²) in [6.45, 7) is 0. The molecule has 0 aliphatic rings. The van der Waals surface area contributed by atoms with E-state index in [-0.39, 0.29) is 0 Å². The lowest BCUT2D eigenvalue weighted by molar-refractivity contribution is 0.501. The third-order valence-corrected chi connectivity index (χ3v) is 2.43. The van der Waals surface area contributed by atoms with Crippen LogP contribution in [0.3, 0.4) is 0 Å². The molecule has 2 aromatic heterocycles. The molecule has 0 fully saturated rings. The molecule has 6 heteroatoms. The quantitative estimate of drug-likeness (QED) is 0.791. The van der Waals surface area contributed by atoms with Gasteiger partial charge in [-0.1, -0.05) is 11.6 Å². The van der Waals surface area contributed by atoms with Gasteiger partial charge in [-0.2, -0.15) is 0 Å². The van der Waals surface area contributed by atoms with Crippen molar-refractivity contribution in [3.63, 3.8) is 0 Å². The predicted molar refractivity (Wildman–Crippen MR) is 61.6 cm³/mol. The van der Waals surface area contributed by atoms with Gasteiger partial charge in [0, 0.05) is 18.5 Å². The van der Waals surface area contributed by atoms with E-state index in [1.807, 2.05) is 0 Å². The molecule has 0 unspecified atom stereocenters. The molecule has 0 radical (unpaired) electrons. The van der Waals surface area contributed by atoms with Gasteiger partial charge in [0.1, 0.15) is 5.69 Å². The molecule has 4 nitrogen and oxygen atoms in total. The molecule has 16 heavy (non-hydrogen) atoms. The van der Waals surface area contributed by atoms with Crippen molar-refractivity contribution in [1.82, 2.24) is 15.2 Å². The Hall–Kier alpha value is -1.13. The summed E-state index contributed by atoms with van der Waals surface area (Å²) in [5.74, 6) is 1.56. The van der Waals surface area contributed by atoms with Crippen LogP contribution in [-0.4, -0.2) is 21.1 Å². The molecule has 0 saturated heterocycles. The number of pyridine rings is 1. The molecule has 0 saturated carbocycles. The van der Waals surface area contributed by atoms with Crippen molar-refractivity contribution < 1.29 is 4.42 Å². The SMILES string of the molecule is ClCCCc1nnc(-c2ccc(Cl)cn2)o1. The highest BCUT2D eigenvalue weighted by molar-refractivity contribution is 6.30. The monoisotopic (exact) mass is 257 g/mol. The second-order valence-corrected chi connectivity index (χ2v) is 3.97. The smallest absolute Gasteiger partial charge is 0.266 e. The molecular formula is C10H9Cl2N3O. The Morgan fingerprint density at radius 1 is 1.25 bits per heavy atom. The lowest BCUT2D eigenvalue weighted by Crippen LogP contribution is -1.85. The number of halogens is 2. The van der Waals surface area contributed by atoms with Crippen LogP contribution in [0.5, 0.6) is 0 Å². The van der Waals surface area contributed by atoms with E-state index in [0.29, 0.717) is 34.8 Å². The van der Waals surface area contributed by atoms with E-state index < -0.39 is 0 Å². The Balaban J connectivity index is 2.15. The number of alkyl halides is 1. The highest BCUT2D eigenvalue weighted by atomic mass is 35.5. The van der Waals surface area contributed by atoms with Crippen molar-refractivity contribution in [2.45, 2.75) is 12.8 Å². The Bertz CT molecular complexity index is 455.